The number of halogens is 3. The van der Waals surface area contributed by atoms with Gasteiger partial charge in [0.05, 0.1) is 23.2 Å². The first kappa shape index (κ1) is 29.8. The molecule has 0 spiro atoms. The number of hydrogen-bond acceptors (Lipinski definition) is 7. The minimum Gasteiger partial charge on any atom is -0.437 e. The lowest BCUT2D eigenvalue weighted by atomic mass is 9.98. The standard InChI is InChI=1S/C31H35F3N8O2/c1-4-40-9-11-41(12-10-40)17-21-5-6-22(14-26(21)31(32,33)34)39-30(43)42-8-7-27-24(20(42)3)15-23(16-35-27)44-29-25-13-19(2)38-28(25)36-18-37-29/h5-6,13-16,18,20H,4,7-12,17H2,1-3H3,(H,39,43)(H,36,37,38)/t20-/m1/s1. The second-order valence-electron chi connectivity index (χ2n) is 11.3. The molecule has 1 atom stereocenters. The molecule has 0 aliphatic carbocycles. The maximum Gasteiger partial charge on any atom is 0.416 e. The number of carbonyl (C=O) groups excluding carboxylic acids is 1. The largest absolute Gasteiger partial charge is 0.437 e. The number of pyridine rings is 1. The van der Waals surface area contributed by atoms with Crippen LogP contribution in [-0.4, -0.2) is 79.9 Å². The number of anilines is 1. The SMILES string of the molecule is CCN1CCN(Cc2ccc(NC(=O)N3CCc4ncc(Oc5ncnc6[nH]c(C)cc56)cc4[C@H]3C)cc2C(F)(F)F)CC1. The highest BCUT2D eigenvalue weighted by Crippen LogP contribution is 2.36. The molecule has 44 heavy (non-hydrogen) atoms. The molecule has 0 unspecified atom stereocenters. The van der Waals surface area contributed by atoms with Crippen LogP contribution in [0.25, 0.3) is 11.0 Å². The van der Waals surface area contributed by atoms with E-state index in [1.807, 2.05) is 30.9 Å². The van der Waals surface area contributed by atoms with E-state index in [0.29, 0.717) is 30.2 Å². The number of benzene rings is 1. The van der Waals surface area contributed by atoms with Crippen molar-refractivity contribution < 1.29 is 22.7 Å². The van der Waals surface area contributed by atoms with Gasteiger partial charge in [0, 0.05) is 62.8 Å². The van der Waals surface area contributed by atoms with Crippen molar-refractivity contribution in [2.75, 3.05) is 44.6 Å². The fourth-order valence-electron chi connectivity index (χ4n) is 5.98. The van der Waals surface area contributed by atoms with Crippen molar-refractivity contribution in [3.8, 4) is 11.6 Å². The van der Waals surface area contributed by atoms with Gasteiger partial charge < -0.3 is 24.8 Å². The van der Waals surface area contributed by atoms with Crippen LogP contribution in [-0.2, 0) is 19.1 Å². The first-order chi connectivity index (χ1) is 21.1. The van der Waals surface area contributed by atoms with Crippen molar-refractivity contribution in [1.29, 1.82) is 0 Å². The number of ether oxygens (including phenoxy) is 1. The van der Waals surface area contributed by atoms with E-state index in [-0.39, 0.29) is 17.8 Å². The number of piperazine rings is 1. The summed E-state index contributed by atoms with van der Waals surface area (Å²) in [6.45, 7) is 10.5. The average Bonchev–Trinajstić information content (AvgIpc) is 3.39. The number of hydrogen-bond donors (Lipinski definition) is 2. The minimum atomic E-state index is -4.55. The number of carbonyl (C=O) groups is 1. The molecule has 13 heteroatoms. The number of fused-ring (bicyclic) bond motifs is 2. The van der Waals surface area contributed by atoms with Gasteiger partial charge in [0.15, 0.2) is 0 Å². The number of nitrogens with one attached hydrogen (secondary N) is 2. The number of H-pyrrole nitrogens is 1. The Balaban J connectivity index is 1.17. The summed E-state index contributed by atoms with van der Waals surface area (Å²) in [5.41, 5.74) is 2.79. The van der Waals surface area contributed by atoms with Gasteiger partial charge in [-0.1, -0.05) is 13.0 Å². The maximum absolute atomic E-state index is 14.1. The Morgan fingerprint density at radius 2 is 1.84 bits per heavy atom. The van der Waals surface area contributed by atoms with Gasteiger partial charge in [-0.25, -0.2) is 14.8 Å². The number of aromatic nitrogens is 4. The van der Waals surface area contributed by atoms with Crippen LogP contribution in [0.3, 0.4) is 0 Å². The van der Waals surface area contributed by atoms with Crippen LogP contribution in [0.2, 0.25) is 0 Å². The maximum atomic E-state index is 14.1. The quantitative estimate of drug-likeness (QED) is 0.287. The minimum absolute atomic E-state index is 0.102. The number of aromatic amines is 1. The normalized spacial score (nSPS) is 18.0. The molecule has 2 amide bonds. The highest BCUT2D eigenvalue weighted by molar-refractivity contribution is 5.90. The van der Waals surface area contributed by atoms with Crippen LogP contribution < -0.4 is 10.1 Å². The molecular weight excluding hydrogens is 573 g/mol. The van der Waals surface area contributed by atoms with Crippen LogP contribution >= 0.6 is 0 Å². The predicted molar refractivity (Wildman–Crippen MR) is 160 cm³/mol. The molecule has 1 fully saturated rings. The predicted octanol–water partition coefficient (Wildman–Crippen LogP) is 5.76. The van der Waals surface area contributed by atoms with Gasteiger partial charge >= 0.3 is 12.2 Å². The Morgan fingerprint density at radius 1 is 1.07 bits per heavy atom. The monoisotopic (exact) mass is 608 g/mol. The summed E-state index contributed by atoms with van der Waals surface area (Å²) in [5.74, 6) is 0.838. The molecular formula is C31H35F3N8O2. The van der Waals surface area contributed by atoms with Crippen LogP contribution in [0.15, 0.2) is 42.9 Å². The summed E-state index contributed by atoms with van der Waals surface area (Å²) < 4.78 is 48.4. The van der Waals surface area contributed by atoms with Gasteiger partial charge in [-0.2, -0.15) is 13.2 Å². The molecule has 2 N–H and O–H groups in total. The van der Waals surface area contributed by atoms with E-state index in [1.54, 1.807) is 17.2 Å². The molecule has 2 aliphatic heterocycles. The van der Waals surface area contributed by atoms with E-state index >= 15 is 0 Å². The number of rotatable bonds is 6. The third-order valence-electron chi connectivity index (χ3n) is 8.46. The Morgan fingerprint density at radius 3 is 2.59 bits per heavy atom. The summed E-state index contributed by atoms with van der Waals surface area (Å²) in [6.07, 6.45) is -1.01. The van der Waals surface area contributed by atoms with Crippen molar-refractivity contribution in [2.45, 2.75) is 46.0 Å². The Hall–Kier alpha value is -4.23. The zero-order valence-corrected chi connectivity index (χ0v) is 24.9. The topological polar surface area (TPSA) is 103 Å². The van der Waals surface area contributed by atoms with Gasteiger partial charge in [-0.3, -0.25) is 9.88 Å². The zero-order valence-electron chi connectivity index (χ0n) is 24.9. The summed E-state index contributed by atoms with van der Waals surface area (Å²) in [6, 6.07) is 6.92. The van der Waals surface area contributed by atoms with Gasteiger partial charge in [-0.15, -0.1) is 0 Å². The molecule has 0 bridgehead atoms. The number of alkyl halides is 3. The van der Waals surface area contributed by atoms with Crippen molar-refractivity contribution >= 4 is 22.8 Å². The number of likely N-dealkylation sites (N-methyl/N-ethyl adjacent to an activating group) is 1. The fraction of sp³-hybridized carbons (Fsp3) is 0.419. The van der Waals surface area contributed by atoms with Crippen molar-refractivity contribution in [1.82, 2.24) is 34.6 Å². The van der Waals surface area contributed by atoms with E-state index in [9.17, 15) is 18.0 Å². The van der Waals surface area contributed by atoms with Gasteiger partial charge in [0.25, 0.3) is 0 Å². The van der Waals surface area contributed by atoms with Crippen molar-refractivity contribution in [3.63, 3.8) is 0 Å². The molecule has 232 valence electrons. The van der Waals surface area contributed by atoms with E-state index in [1.165, 1.54) is 12.4 Å². The zero-order chi connectivity index (χ0) is 31.0. The molecule has 1 aromatic carbocycles. The Bertz CT molecular complexity index is 1670. The molecule has 5 heterocycles. The van der Waals surface area contributed by atoms with Gasteiger partial charge in [-0.05, 0) is 55.8 Å². The first-order valence-electron chi connectivity index (χ1n) is 14.8. The third-order valence-corrected chi connectivity index (χ3v) is 8.46. The third kappa shape index (κ3) is 6.20. The van der Waals surface area contributed by atoms with Crippen LogP contribution in [0, 0.1) is 6.92 Å². The Kier molecular flexibility index (Phi) is 8.16. The molecule has 1 saturated heterocycles. The molecule has 2 aliphatic rings. The number of aryl methyl sites for hydroxylation is 1. The van der Waals surface area contributed by atoms with Gasteiger partial charge in [0.1, 0.15) is 17.7 Å². The lowest BCUT2D eigenvalue weighted by molar-refractivity contribution is -0.138. The molecule has 0 saturated carbocycles. The average molecular weight is 609 g/mol. The molecule has 4 aromatic rings. The van der Waals surface area contributed by atoms with Crippen LogP contribution in [0.1, 0.15) is 48.0 Å². The molecule has 10 nitrogen and oxygen atoms in total. The highest BCUT2D eigenvalue weighted by atomic mass is 19.4. The lowest BCUT2D eigenvalue weighted by Gasteiger charge is -2.35. The second-order valence-corrected chi connectivity index (χ2v) is 11.3. The lowest BCUT2D eigenvalue weighted by Crippen LogP contribution is -2.45. The number of amides is 2. The number of urea groups is 1. The fourth-order valence-corrected chi connectivity index (χ4v) is 5.98. The summed E-state index contributed by atoms with van der Waals surface area (Å²) in [7, 11) is 0. The van der Waals surface area contributed by atoms with E-state index < -0.39 is 23.8 Å². The molecule has 0 radical (unpaired) electrons. The highest BCUT2D eigenvalue weighted by Gasteiger charge is 2.35. The Labute approximate surface area is 253 Å². The van der Waals surface area contributed by atoms with Crippen LogP contribution in [0.5, 0.6) is 11.6 Å². The van der Waals surface area contributed by atoms with E-state index in [2.05, 4.69) is 37.1 Å². The molecule has 3 aromatic heterocycles. The van der Waals surface area contributed by atoms with Crippen molar-refractivity contribution in [2.24, 2.45) is 0 Å². The smallest absolute Gasteiger partial charge is 0.416 e. The number of nitrogens with zero attached hydrogens (tertiary/aromatic N) is 6. The summed E-state index contributed by atoms with van der Waals surface area (Å²) >= 11 is 0. The van der Waals surface area contributed by atoms with Crippen LogP contribution in [0.4, 0.5) is 23.7 Å². The van der Waals surface area contributed by atoms with Gasteiger partial charge in [0.2, 0.25) is 5.88 Å². The molecule has 6 rings (SSSR count). The second kappa shape index (κ2) is 12.0. The van der Waals surface area contributed by atoms with E-state index in [0.717, 1.165) is 61.1 Å². The summed E-state index contributed by atoms with van der Waals surface area (Å²) in [4.78, 5) is 35.5. The van der Waals surface area contributed by atoms with Crippen molar-refractivity contribution in [3.05, 3.63) is 70.9 Å². The summed E-state index contributed by atoms with van der Waals surface area (Å²) in [5, 5.41) is 3.44. The first-order valence-corrected chi connectivity index (χ1v) is 14.8. The van der Waals surface area contributed by atoms with E-state index in [4.69, 9.17) is 4.74 Å².